The second kappa shape index (κ2) is 8.67. The van der Waals surface area contributed by atoms with Crippen LogP contribution in [0, 0.1) is 0 Å². The molecule has 5 nitrogen and oxygen atoms in total. The monoisotopic (exact) mass is 372 g/mol. The number of nitrogens with one attached hydrogen (secondary N) is 1. The lowest BCUT2D eigenvalue weighted by Crippen LogP contribution is -2.48. The van der Waals surface area contributed by atoms with Crippen molar-refractivity contribution >= 4 is 17.4 Å². The number of pyridine rings is 1. The minimum absolute atomic E-state index is 0.0538. The van der Waals surface area contributed by atoms with Crippen LogP contribution in [0.3, 0.4) is 0 Å². The van der Waals surface area contributed by atoms with Crippen LogP contribution in [-0.2, 0) is 6.54 Å². The number of hydrogen-bond acceptors (Lipinski definition) is 4. The van der Waals surface area contributed by atoms with Crippen LogP contribution in [0.2, 0.25) is 0 Å². The predicted octanol–water partition coefficient (Wildman–Crippen LogP) is 3.78. The molecule has 142 valence electrons. The molecule has 0 aliphatic carbocycles. The molecule has 3 aromatic rings. The van der Waals surface area contributed by atoms with Crippen LogP contribution < -0.4 is 5.32 Å². The Kier molecular flexibility index (Phi) is 5.64. The number of para-hydroxylation sites is 1. The molecule has 1 aromatic heterocycles. The smallest absolute Gasteiger partial charge is 0.255 e. The molecule has 5 heteroatoms. The van der Waals surface area contributed by atoms with Gasteiger partial charge in [0.25, 0.3) is 5.91 Å². The van der Waals surface area contributed by atoms with E-state index in [1.165, 1.54) is 5.56 Å². The molecule has 1 fully saturated rings. The van der Waals surface area contributed by atoms with E-state index in [1.807, 2.05) is 53.4 Å². The lowest BCUT2D eigenvalue weighted by molar-refractivity contribution is 0.0628. The Labute approximate surface area is 165 Å². The first kappa shape index (κ1) is 18.2. The van der Waals surface area contributed by atoms with E-state index in [1.54, 1.807) is 6.20 Å². The quantitative estimate of drug-likeness (QED) is 0.740. The number of carbonyl (C=O) groups is 1. The highest BCUT2D eigenvalue weighted by atomic mass is 16.2. The fraction of sp³-hybridized carbons (Fsp3) is 0.217. The molecule has 2 aromatic carbocycles. The Morgan fingerprint density at radius 1 is 0.857 bits per heavy atom. The molecule has 0 bridgehead atoms. The number of aromatic nitrogens is 1. The Hall–Kier alpha value is -3.18. The van der Waals surface area contributed by atoms with E-state index in [-0.39, 0.29) is 5.91 Å². The van der Waals surface area contributed by atoms with E-state index in [0.717, 1.165) is 44.2 Å². The average Bonchev–Trinajstić information content (AvgIpc) is 2.76. The lowest BCUT2D eigenvalue weighted by atomic mass is 10.2. The maximum Gasteiger partial charge on any atom is 0.255 e. The van der Waals surface area contributed by atoms with Crippen LogP contribution >= 0.6 is 0 Å². The van der Waals surface area contributed by atoms with Crippen molar-refractivity contribution in [2.24, 2.45) is 0 Å². The van der Waals surface area contributed by atoms with Gasteiger partial charge in [0.05, 0.1) is 5.56 Å². The highest BCUT2D eigenvalue weighted by molar-refractivity contribution is 5.94. The number of hydrogen-bond donors (Lipinski definition) is 1. The number of anilines is 2. The Bertz CT molecular complexity index is 889. The van der Waals surface area contributed by atoms with Crippen molar-refractivity contribution in [3.63, 3.8) is 0 Å². The molecule has 1 aliphatic heterocycles. The van der Waals surface area contributed by atoms with Crippen LogP contribution in [0.1, 0.15) is 15.9 Å². The third-order valence-electron chi connectivity index (χ3n) is 4.97. The zero-order valence-electron chi connectivity index (χ0n) is 15.8. The first-order valence-electron chi connectivity index (χ1n) is 9.61. The lowest BCUT2D eigenvalue weighted by Gasteiger charge is -2.34. The van der Waals surface area contributed by atoms with Crippen molar-refractivity contribution in [2.45, 2.75) is 6.54 Å². The highest BCUT2D eigenvalue weighted by Gasteiger charge is 2.22. The molecule has 4 rings (SSSR count). The van der Waals surface area contributed by atoms with Crippen LogP contribution in [0.25, 0.3) is 0 Å². The van der Waals surface area contributed by atoms with Gasteiger partial charge in [-0.25, -0.2) is 4.98 Å². The summed E-state index contributed by atoms with van der Waals surface area (Å²) >= 11 is 0. The first-order valence-corrected chi connectivity index (χ1v) is 9.61. The van der Waals surface area contributed by atoms with Gasteiger partial charge in [0.15, 0.2) is 0 Å². The predicted molar refractivity (Wildman–Crippen MR) is 112 cm³/mol. The second-order valence-electron chi connectivity index (χ2n) is 6.98. The standard InChI is InChI=1S/C23H24N4O/c28-23(20-11-12-22(24-17-20)25-21-9-5-2-6-10-21)27-15-13-26(14-16-27)18-19-7-3-1-4-8-19/h1-12,17H,13-16,18H2,(H,24,25). The summed E-state index contributed by atoms with van der Waals surface area (Å²) in [5.74, 6) is 0.786. The van der Waals surface area contributed by atoms with Crippen molar-refractivity contribution in [1.82, 2.24) is 14.8 Å². The summed E-state index contributed by atoms with van der Waals surface area (Å²) in [6, 6.07) is 24.0. The summed E-state index contributed by atoms with van der Waals surface area (Å²) in [5, 5.41) is 3.24. The molecule has 1 amide bonds. The summed E-state index contributed by atoms with van der Waals surface area (Å²) in [7, 11) is 0. The number of piperazine rings is 1. The van der Waals surface area contributed by atoms with E-state index in [9.17, 15) is 4.79 Å². The summed E-state index contributed by atoms with van der Waals surface area (Å²) < 4.78 is 0. The molecule has 1 aliphatic rings. The van der Waals surface area contributed by atoms with E-state index in [0.29, 0.717) is 5.56 Å². The topological polar surface area (TPSA) is 48.5 Å². The minimum atomic E-state index is 0.0538. The van der Waals surface area contributed by atoms with Gasteiger partial charge >= 0.3 is 0 Å². The van der Waals surface area contributed by atoms with Crippen LogP contribution in [-0.4, -0.2) is 46.9 Å². The number of rotatable bonds is 5. The van der Waals surface area contributed by atoms with Crippen molar-refractivity contribution in [3.8, 4) is 0 Å². The minimum Gasteiger partial charge on any atom is -0.340 e. The van der Waals surface area contributed by atoms with E-state index in [4.69, 9.17) is 0 Å². The van der Waals surface area contributed by atoms with Gasteiger partial charge in [-0.1, -0.05) is 48.5 Å². The van der Waals surface area contributed by atoms with Gasteiger partial charge < -0.3 is 10.2 Å². The largest absolute Gasteiger partial charge is 0.340 e. The second-order valence-corrected chi connectivity index (χ2v) is 6.98. The van der Waals surface area contributed by atoms with Crippen LogP contribution in [0.4, 0.5) is 11.5 Å². The molecule has 28 heavy (non-hydrogen) atoms. The maximum atomic E-state index is 12.8. The van der Waals surface area contributed by atoms with Crippen molar-refractivity contribution in [2.75, 3.05) is 31.5 Å². The molecular formula is C23H24N4O. The number of carbonyl (C=O) groups excluding carboxylic acids is 1. The molecule has 1 N–H and O–H groups in total. The van der Waals surface area contributed by atoms with Gasteiger partial charge in [0.1, 0.15) is 5.82 Å². The molecule has 0 unspecified atom stereocenters. The Morgan fingerprint density at radius 3 is 2.18 bits per heavy atom. The summed E-state index contributed by atoms with van der Waals surface area (Å²) in [6.45, 7) is 4.21. The van der Waals surface area contributed by atoms with Crippen molar-refractivity contribution < 1.29 is 4.79 Å². The van der Waals surface area contributed by atoms with Crippen LogP contribution in [0.15, 0.2) is 79.0 Å². The molecule has 1 saturated heterocycles. The normalized spacial score (nSPS) is 14.6. The number of nitrogens with zero attached hydrogens (tertiary/aromatic N) is 3. The Morgan fingerprint density at radius 2 is 1.54 bits per heavy atom. The van der Waals surface area contributed by atoms with Gasteiger partial charge in [0.2, 0.25) is 0 Å². The van der Waals surface area contributed by atoms with E-state index in [2.05, 4.69) is 39.5 Å². The molecule has 2 heterocycles. The van der Waals surface area contributed by atoms with E-state index < -0.39 is 0 Å². The number of benzene rings is 2. The summed E-state index contributed by atoms with van der Waals surface area (Å²) in [6.07, 6.45) is 1.66. The number of amides is 1. The first-order chi connectivity index (χ1) is 13.8. The Balaban J connectivity index is 1.31. The maximum absolute atomic E-state index is 12.8. The SMILES string of the molecule is O=C(c1ccc(Nc2ccccc2)nc1)N1CCN(Cc2ccccc2)CC1. The fourth-order valence-electron chi connectivity index (χ4n) is 3.40. The average molecular weight is 372 g/mol. The van der Waals surface area contributed by atoms with Crippen molar-refractivity contribution in [3.05, 3.63) is 90.1 Å². The third-order valence-corrected chi connectivity index (χ3v) is 4.97. The molecule has 0 atom stereocenters. The molecule has 0 radical (unpaired) electrons. The summed E-state index contributed by atoms with van der Waals surface area (Å²) in [4.78, 5) is 21.5. The van der Waals surface area contributed by atoms with Gasteiger partial charge in [-0.2, -0.15) is 0 Å². The van der Waals surface area contributed by atoms with Gasteiger partial charge in [-0.05, 0) is 29.8 Å². The molecular weight excluding hydrogens is 348 g/mol. The van der Waals surface area contributed by atoms with Crippen LogP contribution in [0.5, 0.6) is 0 Å². The molecule has 0 spiro atoms. The molecule has 0 saturated carbocycles. The fourth-order valence-corrected chi connectivity index (χ4v) is 3.40. The zero-order chi connectivity index (χ0) is 19.2. The highest BCUT2D eigenvalue weighted by Crippen LogP contribution is 2.16. The zero-order valence-corrected chi connectivity index (χ0v) is 15.8. The van der Waals surface area contributed by atoms with Gasteiger partial charge in [0, 0.05) is 44.6 Å². The van der Waals surface area contributed by atoms with Crippen molar-refractivity contribution in [1.29, 1.82) is 0 Å². The van der Waals surface area contributed by atoms with Gasteiger partial charge in [-0.15, -0.1) is 0 Å². The van der Waals surface area contributed by atoms with E-state index >= 15 is 0 Å². The summed E-state index contributed by atoms with van der Waals surface area (Å²) in [5.41, 5.74) is 2.92. The van der Waals surface area contributed by atoms with Gasteiger partial charge in [-0.3, -0.25) is 9.69 Å². The third kappa shape index (κ3) is 4.56.